The van der Waals surface area contributed by atoms with Gasteiger partial charge >= 0.3 is 5.97 Å². The maximum absolute atomic E-state index is 11.5. The number of carbonyl (C=O) groups is 1. The molecule has 0 aliphatic carbocycles. The van der Waals surface area contributed by atoms with Crippen molar-refractivity contribution in [2.45, 2.75) is 18.9 Å². The van der Waals surface area contributed by atoms with Crippen LogP contribution in [0.2, 0.25) is 0 Å². The Balaban J connectivity index is 1.96. The van der Waals surface area contributed by atoms with Crippen LogP contribution in [0.3, 0.4) is 0 Å². The van der Waals surface area contributed by atoms with Gasteiger partial charge in [0.25, 0.3) is 0 Å². The zero-order valence-electron chi connectivity index (χ0n) is 11.5. The molecule has 0 bridgehead atoms. The Bertz CT molecular complexity index is 402. The summed E-state index contributed by atoms with van der Waals surface area (Å²) < 4.78 is 0. The number of rotatable bonds is 6. The van der Waals surface area contributed by atoms with E-state index in [9.17, 15) is 9.90 Å². The highest BCUT2D eigenvalue weighted by Gasteiger charge is 2.24. The molecule has 0 aromatic heterocycles. The third kappa shape index (κ3) is 3.78. The summed E-state index contributed by atoms with van der Waals surface area (Å²) in [6, 6.07) is 8.89. The van der Waals surface area contributed by atoms with Crippen molar-refractivity contribution in [2.75, 3.05) is 33.2 Å². The van der Waals surface area contributed by atoms with Crippen LogP contribution in [0.15, 0.2) is 30.3 Å². The van der Waals surface area contributed by atoms with Crippen molar-refractivity contribution < 1.29 is 9.90 Å². The summed E-state index contributed by atoms with van der Waals surface area (Å²) >= 11 is 0. The molecule has 1 atom stereocenters. The van der Waals surface area contributed by atoms with Crippen molar-refractivity contribution in [3.05, 3.63) is 35.9 Å². The number of likely N-dealkylation sites (tertiary alicyclic amines) is 1. The average Bonchev–Trinajstić information content (AvgIpc) is 2.90. The molecule has 1 heterocycles. The molecule has 0 amide bonds. The van der Waals surface area contributed by atoms with E-state index in [2.05, 4.69) is 4.90 Å². The van der Waals surface area contributed by atoms with Gasteiger partial charge in [0.1, 0.15) is 6.04 Å². The molecule has 1 fully saturated rings. The molecule has 4 heteroatoms. The van der Waals surface area contributed by atoms with E-state index >= 15 is 0 Å². The van der Waals surface area contributed by atoms with Crippen molar-refractivity contribution in [1.29, 1.82) is 0 Å². The van der Waals surface area contributed by atoms with E-state index in [1.165, 1.54) is 12.8 Å². The first-order valence-corrected chi connectivity index (χ1v) is 6.89. The number of benzene rings is 1. The van der Waals surface area contributed by atoms with E-state index in [0.717, 1.165) is 31.7 Å². The molecule has 2 rings (SSSR count). The fourth-order valence-electron chi connectivity index (χ4n) is 2.66. The van der Waals surface area contributed by atoms with Crippen molar-refractivity contribution in [2.24, 2.45) is 0 Å². The lowest BCUT2D eigenvalue weighted by atomic mass is 10.1. The molecule has 1 unspecified atom stereocenters. The van der Waals surface area contributed by atoms with E-state index in [0.29, 0.717) is 0 Å². The summed E-state index contributed by atoms with van der Waals surface area (Å²) in [5.41, 5.74) is 0.846. The van der Waals surface area contributed by atoms with Gasteiger partial charge in [-0.25, -0.2) is 0 Å². The highest BCUT2D eigenvalue weighted by Crippen LogP contribution is 2.19. The van der Waals surface area contributed by atoms with Crippen LogP contribution < -0.4 is 0 Å². The van der Waals surface area contributed by atoms with Crippen LogP contribution in [0.1, 0.15) is 24.4 Å². The summed E-state index contributed by atoms with van der Waals surface area (Å²) in [5, 5.41) is 9.43. The second kappa shape index (κ2) is 6.68. The van der Waals surface area contributed by atoms with E-state index in [1.54, 1.807) is 0 Å². The van der Waals surface area contributed by atoms with Crippen LogP contribution in [-0.2, 0) is 4.79 Å². The fourth-order valence-corrected chi connectivity index (χ4v) is 2.66. The van der Waals surface area contributed by atoms with Gasteiger partial charge in [0, 0.05) is 13.1 Å². The van der Waals surface area contributed by atoms with Gasteiger partial charge < -0.3 is 10.0 Å². The van der Waals surface area contributed by atoms with Gasteiger partial charge in [-0.1, -0.05) is 30.3 Å². The highest BCUT2D eigenvalue weighted by molar-refractivity contribution is 5.75. The van der Waals surface area contributed by atoms with Crippen LogP contribution in [-0.4, -0.2) is 54.1 Å². The van der Waals surface area contributed by atoms with Crippen molar-refractivity contribution in [3.8, 4) is 0 Å². The molecule has 1 N–H and O–H groups in total. The Labute approximate surface area is 114 Å². The molecule has 1 saturated heterocycles. The molecular formula is C15H22N2O2. The van der Waals surface area contributed by atoms with Gasteiger partial charge in [-0.15, -0.1) is 0 Å². The van der Waals surface area contributed by atoms with Crippen LogP contribution in [0.5, 0.6) is 0 Å². The van der Waals surface area contributed by atoms with Crippen LogP contribution in [0.25, 0.3) is 0 Å². The quantitative estimate of drug-likeness (QED) is 0.849. The van der Waals surface area contributed by atoms with Gasteiger partial charge in [0.2, 0.25) is 0 Å². The second-order valence-electron chi connectivity index (χ2n) is 5.18. The maximum Gasteiger partial charge on any atom is 0.325 e. The number of hydrogen-bond acceptors (Lipinski definition) is 3. The molecule has 4 nitrogen and oxygen atoms in total. The minimum Gasteiger partial charge on any atom is -0.480 e. The lowest BCUT2D eigenvalue weighted by Gasteiger charge is -2.27. The smallest absolute Gasteiger partial charge is 0.325 e. The molecule has 104 valence electrons. The van der Waals surface area contributed by atoms with Crippen LogP contribution in [0.4, 0.5) is 0 Å². The number of carboxylic acid groups (broad SMARTS) is 1. The van der Waals surface area contributed by atoms with Crippen molar-refractivity contribution in [1.82, 2.24) is 9.80 Å². The number of likely N-dealkylation sites (N-methyl/N-ethyl adjacent to an activating group) is 1. The monoisotopic (exact) mass is 262 g/mol. The predicted molar refractivity (Wildman–Crippen MR) is 75.1 cm³/mol. The van der Waals surface area contributed by atoms with Gasteiger partial charge in [-0.3, -0.25) is 9.69 Å². The SMILES string of the molecule is CN(CCN1CCCC1)C(C(=O)O)c1ccccc1. The first-order chi connectivity index (χ1) is 9.18. The lowest BCUT2D eigenvalue weighted by molar-refractivity contribution is -0.143. The minimum atomic E-state index is -0.782. The van der Waals surface area contributed by atoms with Gasteiger partial charge in [0.05, 0.1) is 0 Å². The summed E-state index contributed by atoms with van der Waals surface area (Å²) in [5.74, 6) is -0.782. The van der Waals surface area contributed by atoms with E-state index in [1.807, 2.05) is 42.3 Å². The molecule has 1 aromatic carbocycles. The maximum atomic E-state index is 11.5. The molecule has 0 radical (unpaired) electrons. The summed E-state index contributed by atoms with van der Waals surface area (Å²) in [4.78, 5) is 15.8. The van der Waals surface area contributed by atoms with Gasteiger partial charge in [-0.05, 0) is 38.5 Å². The Morgan fingerprint density at radius 1 is 1.32 bits per heavy atom. The first-order valence-electron chi connectivity index (χ1n) is 6.89. The van der Waals surface area contributed by atoms with Crippen molar-refractivity contribution >= 4 is 5.97 Å². The predicted octanol–water partition coefficient (Wildman–Crippen LogP) is 1.84. The first kappa shape index (κ1) is 14.0. The van der Waals surface area contributed by atoms with E-state index in [4.69, 9.17) is 0 Å². The molecule has 19 heavy (non-hydrogen) atoms. The normalized spacial score (nSPS) is 17.8. The van der Waals surface area contributed by atoms with Gasteiger partial charge in [0.15, 0.2) is 0 Å². The van der Waals surface area contributed by atoms with Crippen LogP contribution in [0, 0.1) is 0 Å². The summed E-state index contributed by atoms with van der Waals surface area (Å²) in [6.45, 7) is 4.03. The van der Waals surface area contributed by atoms with Crippen LogP contribution >= 0.6 is 0 Å². The third-order valence-corrected chi connectivity index (χ3v) is 3.76. The second-order valence-corrected chi connectivity index (χ2v) is 5.18. The Kier molecular flexibility index (Phi) is 4.93. The summed E-state index contributed by atoms with van der Waals surface area (Å²) in [6.07, 6.45) is 2.54. The molecule has 1 aliphatic heterocycles. The third-order valence-electron chi connectivity index (χ3n) is 3.76. The average molecular weight is 262 g/mol. The Hall–Kier alpha value is -1.39. The number of hydrogen-bond donors (Lipinski definition) is 1. The lowest BCUT2D eigenvalue weighted by Crippen LogP contribution is -2.37. The highest BCUT2D eigenvalue weighted by atomic mass is 16.4. The topological polar surface area (TPSA) is 43.8 Å². The zero-order chi connectivity index (χ0) is 13.7. The standard InChI is InChI=1S/C15H22N2O2/c1-16(11-12-17-9-5-6-10-17)14(15(18)19)13-7-3-2-4-8-13/h2-4,7-8,14H,5-6,9-12H2,1H3,(H,18,19). The zero-order valence-corrected chi connectivity index (χ0v) is 11.5. The minimum absolute atomic E-state index is 0.552. The largest absolute Gasteiger partial charge is 0.480 e. The molecule has 1 aliphatic rings. The number of aliphatic carboxylic acids is 1. The van der Waals surface area contributed by atoms with Crippen molar-refractivity contribution in [3.63, 3.8) is 0 Å². The fraction of sp³-hybridized carbons (Fsp3) is 0.533. The Morgan fingerprint density at radius 2 is 1.95 bits per heavy atom. The molecule has 1 aromatic rings. The van der Waals surface area contributed by atoms with Gasteiger partial charge in [-0.2, -0.15) is 0 Å². The summed E-state index contributed by atoms with van der Waals surface area (Å²) in [7, 11) is 1.89. The van der Waals surface area contributed by atoms with E-state index < -0.39 is 12.0 Å². The number of nitrogens with zero attached hydrogens (tertiary/aromatic N) is 2. The molecule has 0 spiro atoms. The van der Waals surface area contributed by atoms with E-state index in [-0.39, 0.29) is 0 Å². The Morgan fingerprint density at radius 3 is 2.53 bits per heavy atom. The number of carboxylic acids is 1. The molecular weight excluding hydrogens is 240 g/mol. The molecule has 0 saturated carbocycles.